The SMILES string of the molecule is Cc1ccccc1N1C(=O)C2SC=CC2=[N+](Cc2ccccc2)C1=O. The summed E-state index contributed by atoms with van der Waals surface area (Å²) in [6.07, 6.45) is 1.88. The Labute approximate surface area is 150 Å². The highest BCUT2D eigenvalue weighted by molar-refractivity contribution is 8.04. The summed E-state index contributed by atoms with van der Waals surface area (Å²) in [6, 6.07) is 17.0. The van der Waals surface area contributed by atoms with E-state index in [4.69, 9.17) is 0 Å². The van der Waals surface area contributed by atoms with Gasteiger partial charge in [-0.15, -0.1) is 16.7 Å². The van der Waals surface area contributed by atoms with Gasteiger partial charge >= 0.3 is 11.9 Å². The standard InChI is InChI=1S/C20H17N2O2S/c1-14-7-5-6-10-16(14)22-19(23)18-17(11-12-25-18)21(20(22)24)13-15-8-3-2-4-9-15/h2-12,18H,13H2,1H3/q+1. The van der Waals surface area contributed by atoms with E-state index in [0.29, 0.717) is 12.2 Å². The van der Waals surface area contributed by atoms with E-state index in [9.17, 15) is 9.59 Å². The molecule has 0 aliphatic carbocycles. The van der Waals surface area contributed by atoms with Crippen LogP contribution in [-0.2, 0) is 11.3 Å². The normalized spacial score (nSPS) is 19.6. The van der Waals surface area contributed by atoms with Crippen LogP contribution in [-0.4, -0.2) is 27.5 Å². The van der Waals surface area contributed by atoms with Crippen LogP contribution in [0.5, 0.6) is 0 Å². The number of anilines is 1. The van der Waals surface area contributed by atoms with E-state index in [0.717, 1.165) is 16.8 Å². The third-order valence-electron chi connectivity index (χ3n) is 4.44. The second-order valence-corrected chi connectivity index (χ2v) is 7.07. The van der Waals surface area contributed by atoms with Gasteiger partial charge in [-0.25, -0.2) is 4.79 Å². The molecular weight excluding hydrogens is 332 g/mol. The van der Waals surface area contributed by atoms with Gasteiger partial charge in [0.1, 0.15) is 17.9 Å². The number of aryl methyl sites for hydroxylation is 1. The predicted octanol–water partition coefficient (Wildman–Crippen LogP) is 3.74. The third-order valence-corrected chi connectivity index (χ3v) is 5.45. The second kappa shape index (κ2) is 6.33. The van der Waals surface area contributed by atoms with Crippen LogP contribution in [0.1, 0.15) is 11.1 Å². The number of urea groups is 1. The van der Waals surface area contributed by atoms with Gasteiger partial charge in [0.05, 0.1) is 0 Å². The molecule has 1 unspecified atom stereocenters. The first-order chi connectivity index (χ1) is 12.2. The largest absolute Gasteiger partial charge is 0.506 e. The first-order valence-corrected chi connectivity index (χ1v) is 9.05. The molecule has 5 heteroatoms. The number of nitrogens with zero attached hydrogens (tertiary/aromatic N) is 2. The van der Waals surface area contributed by atoms with Crippen molar-refractivity contribution in [2.75, 3.05) is 4.90 Å². The van der Waals surface area contributed by atoms with Crippen LogP contribution < -0.4 is 4.90 Å². The highest BCUT2D eigenvalue weighted by atomic mass is 32.2. The summed E-state index contributed by atoms with van der Waals surface area (Å²) in [5.41, 5.74) is 3.37. The predicted molar refractivity (Wildman–Crippen MR) is 100.0 cm³/mol. The number of hydrogen-bond acceptors (Lipinski definition) is 3. The molecular formula is C20H17N2O2S+. The third kappa shape index (κ3) is 2.70. The molecule has 0 aromatic heterocycles. The van der Waals surface area contributed by atoms with Gasteiger partial charge in [0.15, 0.2) is 5.25 Å². The van der Waals surface area contributed by atoms with Gasteiger partial charge in [0.25, 0.3) is 0 Å². The molecule has 1 atom stereocenters. The number of rotatable bonds is 3. The zero-order valence-electron chi connectivity index (χ0n) is 13.8. The highest BCUT2D eigenvalue weighted by Gasteiger charge is 2.50. The number of carbonyl (C=O) groups excluding carboxylic acids is 2. The molecule has 2 aliphatic heterocycles. The monoisotopic (exact) mass is 349 g/mol. The smallest absolute Gasteiger partial charge is 0.244 e. The van der Waals surface area contributed by atoms with Crippen LogP contribution in [0.3, 0.4) is 0 Å². The van der Waals surface area contributed by atoms with Crippen molar-refractivity contribution in [2.24, 2.45) is 0 Å². The van der Waals surface area contributed by atoms with Crippen molar-refractivity contribution in [1.82, 2.24) is 0 Å². The molecule has 2 heterocycles. The van der Waals surface area contributed by atoms with E-state index in [-0.39, 0.29) is 17.2 Å². The van der Waals surface area contributed by atoms with Crippen LogP contribution in [0, 0.1) is 6.92 Å². The van der Waals surface area contributed by atoms with E-state index < -0.39 is 0 Å². The Balaban J connectivity index is 1.80. The molecule has 2 aliphatic rings. The van der Waals surface area contributed by atoms with Gasteiger partial charge in [-0.05, 0) is 35.6 Å². The fourth-order valence-corrected chi connectivity index (χ4v) is 4.11. The van der Waals surface area contributed by atoms with Crippen molar-refractivity contribution >= 4 is 35.1 Å². The average Bonchev–Trinajstić information content (AvgIpc) is 3.11. The van der Waals surface area contributed by atoms with Crippen LogP contribution >= 0.6 is 11.8 Å². The summed E-state index contributed by atoms with van der Waals surface area (Å²) in [7, 11) is 0. The Hall–Kier alpha value is -2.66. The zero-order valence-corrected chi connectivity index (χ0v) is 14.6. The lowest BCUT2D eigenvalue weighted by atomic mass is 10.1. The quantitative estimate of drug-likeness (QED) is 0.793. The zero-order chi connectivity index (χ0) is 17.4. The Morgan fingerprint density at radius 1 is 1.04 bits per heavy atom. The van der Waals surface area contributed by atoms with E-state index in [1.165, 1.54) is 16.7 Å². The van der Waals surface area contributed by atoms with E-state index in [2.05, 4.69) is 0 Å². The molecule has 0 fully saturated rings. The first kappa shape index (κ1) is 15.8. The molecule has 0 saturated carbocycles. The average molecular weight is 349 g/mol. The lowest BCUT2D eigenvalue weighted by molar-refractivity contribution is -0.444. The van der Waals surface area contributed by atoms with Crippen molar-refractivity contribution in [3.8, 4) is 0 Å². The number of amides is 3. The summed E-state index contributed by atoms with van der Waals surface area (Å²) in [5.74, 6) is -0.173. The van der Waals surface area contributed by atoms with Gasteiger partial charge in [-0.2, -0.15) is 9.37 Å². The fourth-order valence-electron chi connectivity index (χ4n) is 3.16. The van der Waals surface area contributed by atoms with Gasteiger partial charge in [-0.3, -0.25) is 0 Å². The molecule has 2 aromatic rings. The lowest BCUT2D eigenvalue weighted by Crippen LogP contribution is -2.55. The number of hydrogen-bond donors (Lipinski definition) is 0. The molecule has 3 amide bonds. The Bertz CT molecular complexity index is 918. The van der Waals surface area contributed by atoms with Crippen molar-refractivity contribution < 1.29 is 14.2 Å². The van der Waals surface area contributed by atoms with Crippen LogP contribution in [0.4, 0.5) is 10.5 Å². The van der Waals surface area contributed by atoms with Crippen molar-refractivity contribution in [3.63, 3.8) is 0 Å². The van der Waals surface area contributed by atoms with Gasteiger partial charge in [0.2, 0.25) is 0 Å². The molecule has 0 spiro atoms. The van der Waals surface area contributed by atoms with Gasteiger partial charge in [0, 0.05) is 0 Å². The number of imide groups is 1. The van der Waals surface area contributed by atoms with Gasteiger partial charge in [-0.1, -0.05) is 48.5 Å². The maximum absolute atomic E-state index is 13.2. The molecule has 2 aromatic carbocycles. The number of benzene rings is 2. The van der Waals surface area contributed by atoms with Crippen LogP contribution in [0.15, 0.2) is 66.1 Å². The second-order valence-electron chi connectivity index (χ2n) is 6.06. The Morgan fingerprint density at radius 2 is 1.76 bits per heavy atom. The molecule has 0 bridgehead atoms. The summed E-state index contributed by atoms with van der Waals surface area (Å²) in [4.78, 5) is 27.5. The maximum atomic E-state index is 13.2. The number of para-hydroxylation sites is 1. The lowest BCUT2D eigenvalue weighted by Gasteiger charge is -2.25. The molecule has 4 nitrogen and oxygen atoms in total. The maximum Gasteiger partial charge on any atom is 0.506 e. The first-order valence-electron chi connectivity index (χ1n) is 8.10. The Kier molecular flexibility index (Phi) is 4.01. The molecule has 4 rings (SSSR count). The van der Waals surface area contributed by atoms with E-state index in [1.807, 2.05) is 73.0 Å². The summed E-state index contributed by atoms with van der Waals surface area (Å²) < 4.78 is 1.71. The number of allylic oxidation sites excluding steroid dienone is 1. The summed E-state index contributed by atoms with van der Waals surface area (Å²) >= 11 is 1.45. The number of fused-ring (bicyclic) bond motifs is 1. The number of carbonyl (C=O) groups is 2. The minimum absolute atomic E-state index is 0.173. The molecule has 25 heavy (non-hydrogen) atoms. The minimum atomic E-state index is -0.360. The fraction of sp³-hybridized carbons (Fsp3) is 0.150. The summed E-state index contributed by atoms with van der Waals surface area (Å²) in [6.45, 7) is 2.36. The van der Waals surface area contributed by atoms with Crippen molar-refractivity contribution in [2.45, 2.75) is 18.7 Å². The molecule has 0 N–H and O–H groups in total. The van der Waals surface area contributed by atoms with Gasteiger partial charge < -0.3 is 0 Å². The topological polar surface area (TPSA) is 40.4 Å². The van der Waals surface area contributed by atoms with Crippen molar-refractivity contribution in [1.29, 1.82) is 0 Å². The molecule has 0 radical (unpaired) electrons. The van der Waals surface area contributed by atoms with Crippen molar-refractivity contribution in [3.05, 3.63) is 77.2 Å². The minimum Gasteiger partial charge on any atom is -0.244 e. The van der Waals surface area contributed by atoms with Crippen LogP contribution in [0.25, 0.3) is 0 Å². The summed E-state index contributed by atoms with van der Waals surface area (Å²) in [5, 5.41) is 1.53. The Morgan fingerprint density at radius 3 is 2.52 bits per heavy atom. The van der Waals surface area contributed by atoms with E-state index >= 15 is 0 Å². The number of thioether (sulfide) groups is 1. The highest BCUT2D eigenvalue weighted by Crippen LogP contribution is 2.32. The van der Waals surface area contributed by atoms with Crippen LogP contribution in [0.2, 0.25) is 0 Å². The molecule has 124 valence electrons. The molecule has 0 saturated heterocycles. The van der Waals surface area contributed by atoms with E-state index in [1.54, 1.807) is 4.58 Å².